The summed E-state index contributed by atoms with van der Waals surface area (Å²) in [5, 5.41) is 10.6. The van der Waals surface area contributed by atoms with Crippen molar-refractivity contribution in [1.82, 2.24) is 4.90 Å². The maximum Gasteiger partial charge on any atom is 0.326 e. The van der Waals surface area contributed by atoms with Gasteiger partial charge < -0.3 is 10.0 Å². The van der Waals surface area contributed by atoms with Gasteiger partial charge in [0.05, 0.1) is 10.6 Å². The summed E-state index contributed by atoms with van der Waals surface area (Å²) in [6, 6.07) is 20.1. The first kappa shape index (κ1) is 22.3. The molecule has 0 aliphatic heterocycles. The molecule has 0 aliphatic carbocycles. The van der Waals surface area contributed by atoms with Gasteiger partial charge in [-0.25, -0.2) is 4.79 Å². The van der Waals surface area contributed by atoms with Gasteiger partial charge in [-0.15, -0.1) is 0 Å². The maximum atomic E-state index is 13.4. The topological polar surface area (TPSA) is 57.6 Å². The van der Waals surface area contributed by atoms with Gasteiger partial charge >= 0.3 is 5.97 Å². The van der Waals surface area contributed by atoms with Gasteiger partial charge in [0.2, 0.25) is 0 Å². The fraction of sp³-hybridized carbons (Fsp3) is 0.130. The van der Waals surface area contributed by atoms with Crippen LogP contribution in [-0.4, -0.2) is 27.9 Å². The Bertz CT molecular complexity index is 1040. The number of hydrogen-bond donors (Lipinski definition) is 1. The second-order valence-corrected chi connectivity index (χ2v) is 8.49. The number of benzene rings is 3. The number of carboxylic acids is 1. The zero-order chi connectivity index (χ0) is 21.7. The number of nitrogens with zero attached hydrogens (tertiary/aromatic N) is 1. The molecule has 1 N–H and O–H groups in total. The first-order valence-corrected chi connectivity index (χ1v) is 10.7. The highest BCUT2D eigenvalue weighted by Gasteiger charge is 2.31. The molecule has 3 rings (SSSR count). The Balaban J connectivity index is 2.00. The lowest BCUT2D eigenvalue weighted by atomic mass is 10.0. The normalized spacial score (nSPS) is 11.7. The molecular formula is C23H18BrCl2NO3. The summed E-state index contributed by atoms with van der Waals surface area (Å²) in [4.78, 5) is 27.0. The van der Waals surface area contributed by atoms with Crippen molar-refractivity contribution in [2.75, 3.05) is 0 Å². The summed E-state index contributed by atoms with van der Waals surface area (Å²) >= 11 is 15.6. The Morgan fingerprint density at radius 3 is 2.20 bits per heavy atom. The molecule has 3 aromatic rings. The average molecular weight is 507 g/mol. The maximum absolute atomic E-state index is 13.4. The molecule has 0 fully saturated rings. The molecule has 7 heteroatoms. The predicted octanol–water partition coefficient (Wildman–Crippen LogP) is 6.09. The predicted molar refractivity (Wildman–Crippen MR) is 122 cm³/mol. The zero-order valence-electron chi connectivity index (χ0n) is 15.8. The van der Waals surface area contributed by atoms with E-state index in [9.17, 15) is 14.7 Å². The van der Waals surface area contributed by atoms with Crippen molar-refractivity contribution in [2.45, 2.75) is 19.0 Å². The quantitative estimate of drug-likeness (QED) is 0.421. The molecule has 3 aromatic carbocycles. The highest BCUT2D eigenvalue weighted by Crippen LogP contribution is 2.25. The van der Waals surface area contributed by atoms with Crippen LogP contribution in [0.25, 0.3) is 0 Å². The van der Waals surface area contributed by atoms with E-state index >= 15 is 0 Å². The summed E-state index contributed by atoms with van der Waals surface area (Å²) in [7, 11) is 0. The number of carboxylic acid groups (broad SMARTS) is 1. The Hall–Kier alpha value is -2.34. The van der Waals surface area contributed by atoms with Crippen LogP contribution in [0.15, 0.2) is 77.3 Å². The minimum Gasteiger partial charge on any atom is -0.480 e. The van der Waals surface area contributed by atoms with Crippen molar-refractivity contribution in [3.05, 3.63) is 104 Å². The SMILES string of the molecule is O=C(O)[C@H](Cc1ccccc1)N(Cc1ccc(Br)cc1)C(=O)c1ccc(Cl)cc1Cl. The average Bonchev–Trinajstić information content (AvgIpc) is 2.72. The molecule has 0 radical (unpaired) electrons. The molecule has 154 valence electrons. The van der Waals surface area contributed by atoms with Crippen molar-refractivity contribution >= 4 is 51.0 Å². The molecule has 0 saturated carbocycles. The molecule has 0 saturated heterocycles. The van der Waals surface area contributed by atoms with Gasteiger partial charge in [0.25, 0.3) is 5.91 Å². The number of carbonyl (C=O) groups is 2. The lowest BCUT2D eigenvalue weighted by molar-refractivity contribution is -0.142. The van der Waals surface area contributed by atoms with E-state index in [1.54, 1.807) is 6.07 Å². The van der Waals surface area contributed by atoms with Crippen LogP contribution in [-0.2, 0) is 17.8 Å². The van der Waals surface area contributed by atoms with Gasteiger partial charge in [0.15, 0.2) is 0 Å². The second kappa shape index (κ2) is 10.1. The smallest absolute Gasteiger partial charge is 0.326 e. The van der Waals surface area contributed by atoms with Crippen molar-refractivity contribution in [3.63, 3.8) is 0 Å². The number of carbonyl (C=O) groups excluding carboxylic acids is 1. The second-order valence-electron chi connectivity index (χ2n) is 6.73. The Morgan fingerprint density at radius 2 is 1.60 bits per heavy atom. The molecule has 0 spiro atoms. The van der Waals surface area contributed by atoms with Gasteiger partial charge in [-0.05, 0) is 41.5 Å². The van der Waals surface area contributed by atoms with E-state index in [1.807, 2.05) is 54.6 Å². The summed E-state index contributed by atoms with van der Waals surface area (Å²) in [5.41, 5.74) is 1.83. The van der Waals surface area contributed by atoms with Crippen molar-refractivity contribution in [2.24, 2.45) is 0 Å². The van der Waals surface area contributed by atoms with E-state index in [-0.39, 0.29) is 23.6 Å². The molecule has 0 aromatic heterocycles. The summed E-state index contributed by atoms with van der Waals surface area (Å²) in [6.07, 6.45) is 0.170. The number of amides is 1. The number of hydrogen-bond acceptors (Lipinski definition) is 2. The molecule has 0 aliphatic rings. The van der Waals surface area contributed by atoms with Crippen LogP contribution in [0.5, 0.6) is 0 Å². The minimum atomic E-state index is -1.09. The van der Waals surface area contributed by atoms with Gasteiger partial charge in [-0.2, -0.15) is 0 Å². The highest BCUT2D eigenvalue weighted by atomic mass is 79.9. The van der Waals surface area contributed by atoms with E-state index < -0.39 is 17.9 Å². The lowest BCUT2D eigenvalue weighted by Gasteiger charge is -2.30. The van der Waals surface area contributed by atoms with Crippen LogP contribution in [0.4, 0.5) is 0 Å². The summed E-state index contributed by atoms with van der Waals surface area (Å²) in [5.74, 6) is -1.56. The first-order chi connectivity index (χ1) is 14.3. The molecule has 30 heavy (non-hydrogen) atoms. The largest absolute Gasteiger partial charge is 0.480 e. The van der Waals surface area contributed by atoms with E-state index in [4.69, 9.17) is 23.2 Å². The van der Waals surface area contributed by atoms with Crippen molar-refractivity contribution in [3.8, 4) is 0 Å². The third-order valence-corrected chi connectivity index (χ3v) is 5.70. The first-order valence-electron chi connectivity index (χ1n) is 9.12. The third-order valence-electron chi connectivity index (χ3n) is 4.62. The Labute approximate surface area is 193 Å². The molecule has 1 atom stereocenters. The lowest BCUT2D eigenvalue weighted by Crippen LogP contribution is -2.46. The molecule has 0 unspecified atom stereocenters. The summed E-state index contributed by atoms with van der Waals surface area (Å²) < 4.78 is 0.893. The van der Waals surface area contributed by atoms with Crippen LogP contribution < -0.4 is 0 Å². The molecule has 0 bridgehead atoms. The van der Waals surface area contributed by atoms with Crippen molar-refractivity contribution in [1.29, 1.82) is 0 Å². The zero-order valence-corrected chi connectivity index (χ0v) is 18.9. The van der Waals surface area contributed by atoms with Gasteiger partial charge in [0.1, 0.15) is 6.04 Å². The fourth-order valence-electron chi connectivity index (χ4n) is 3.10. The number of halogens is 3. The van der Waals surface area contributed by atoms with Crippen LogP contribution >= 0.6 is 39.1 Å². The van der Waals surface area contributed by atoms with Gasteiger partial charge in [-0.3, -0.25) is 4.79 Å². The fourth-order valence-corrected chi connectivity index (χ4v) is 3.85. The van der Waals surface area contributed by atoms with E-state index in [0.29, 0.717) is 5.02 Å². The van der Waals surface area contributed by atoms with Gasteiger partial charge in [-0.1, -0.05) is 81.6 Å². The van der Waals surface area contributed by atoms with E-state index in [1.165, 1.54) is 17.0 Å². The Kier molecular flexibility index (Phi) is 7.53. The standard InChI is InChI=1S/C23H18BrCl2NO3/c24-17-8-6-16(7-9-17)14-27(22(28)19-11-10-18(25)13-20(19)26)21(23(29)30)12-15-4-2-1-3-5-15/h1-11,13,21H,12,14H2,(H,29,30)/t21-/m0/s1. The molecule has 4 nitrogen and oxygen atoms in total. The van der Waals surface area contributed by atoms with E-state index in [0.717, 1.165) is 15.6 Å². The minimum absolute atomic E-state index is 0.120. The van der Waals surface area contributed by atoms with Crippen LogP contribution in [0, 0.1) is 0 Å². The van der Waals surface area contributed by atoms with Crippen molar-refractivity contribution < 1.29 is 14.7 Å². The Morgan fingerprint density at radius 1 is 0.933 bits per heavy atom. The molecular weight excluding hydrogens is 489 g/mol. The number of rotatable bonds is 7. The monoisotopic (exact) mass is 505 g/mol. The van der Waals surface area contributed by atoms with Crippen LogP contribution in [0.2, 0.25) is 10.0 Å². The summed E-state index contributed by atoms with van der Waals surface area (Å²) in [6.45, 7) is 0.120. The third kappa shape index (κ3) is 5.63. The van der Waals surface area contributed by atoms with Gasteiger partial charge in [0, 0.05) is 22.5 Å². The van der Waals surface area contributed by atoms with E-state index in [2.05, 4.69) is 15.9 Å². The van der Waals surface area contributed by atoms with Crippen LogP contribution in [0.1, 0.15) is 21.5 Å². The number of aliphatic carboxylic acids is 1. The highest BCUT2D eigenvalue weighted by molar-refractivity contribution is 9.10. The van der Waals surface area contributed by atoms with Crippen LogP contribution in [0.3, 0.4) is 0 Å². The molecule has 0 heterocycles. The molecule has 1 amide bonds.